The van der Waals surface area contributed by atoms with Crippen molar-refractivity contribution in [2.75, 3.05) is 0 Å². The van der Waals surface area contributed by atoms with Crippen LogP contribution in [-0.4, -0.2) is 31.8 Å². The number of azo groups is 1. The van der Waals surface area contributed by atoms with E-state index in [0.29, 0.717) is 21.0 Å². The fourth-order valence-corrected chi connectivity index (χ4v) is 4.44. The first-order chi connectivity index (χ1) is 12.8. The molecule has 27 heavy (non-hydrogen) atoms. The Bertz CT molecular complexity index is 1130. The molecule has 0 saturated heterocycles. The third-order valence-electron chi connectivity index (χ3n) is 3.55. The molecular formula is C16H11N3O5S3. The molecule has 11 heteroatoms. The van der Waals surface area contributed by atoms with Crippen molar-refractivity contribution in [2.24, 2.45) is 10.2 Å². The van der Waals surface area contributed by atoms with Gasteiger partial charge in [0.2, 0.25) is 10.9 Å². The number of carboxylic acid groups (broad SMARTS) is 2. The molecule has 0 atom stereocenters. The van der Waals surface area contributed by atoms with Crippen LogP contribution < -0.4 is 0 Å². The van der Waals surface area contributed by atoms with E-state index in [9.17, 15) is 24.9 Å². The topological polar surface area (TPSA) is 124 Å². The Labute approximate surface area is 165 Å². The molecule has 3 aromatic rings. The van der Waals surface area contributed by atoms with Crippen LogP contribution in [0.3, 0.4) is 0 Å². The average molecular weight is 421 g/mol. The summed E-state index contributed by atoms with van der Waals surface area (Å²) in [6.45, 7) is 1.40. The fourth-order valence-electron chi connectivity index (χ4n) is 2.34. The molecule has 1 aromatic carbocycles. The van der Waals surface area contributed by atoms with Gasteiger partial charge in [0.15, 0.2) is 8.96 Å². The van der Waals surface area contributed by atoms with E-state index in [4.69, 9.17) is 12.2 Å². The molecule has 0 aliphatic rings. The minimum Gasteiger partial charge on any atom is -0.492 e. The van der Waals surface area contributed by atoms with Crippen molar-refractivity contribution < 1.29 is 24.9 Å². The highest BCUT2D eigenvalue weighted by molar-refractivity contribution is 7.73. The Hall–Kier alpha value is -2.89. The molecule has 3 N–H and O–H groups in total. The van der Waals surface area contributed by atoms with Gasteiger partial charge >= 0.3 is 11.9 Å². The van der Waals surface area contributed by atoms with Crippen LogP contribution >= 0.6 is 34.9 Å². The molecule has 0 aliphatic heterocycles. The maximum Gasteiger partial charge on any atom is 0.346 e. The van der Waals surface area contributed by atoms with E-state index in [1.165, 1.54) is 11.5 Å². The summed E-state index contributed by atoms with van der Waals surface area (Å²) in [7, 11) is 0. The van der Waals surface area contributed by atoms with Crippen LogP contribution in [0.25, 0.3) is 5.69 Å². The van der Waals surface area contributed by atoms with Gasteiger partial charge < -0.3 is 15.3 Å². The van der Waals surface area contributed by atoms with Gasteiger partial charge in [0.05, 0.1) is 5.69 Å². The standard InChI is InChI=1S/C16H11N3O5S3/c1-7-9(14(21)22)11(26-10(7)15(23)24)17-18-12-13(20)19(16(25)27-12)8-5-3-2-4-6-8/h2-6,20H,1H3,(H,21,22)(H,23,24)/b18-17+. The van der Waals surface area contributed by atoms with Gasteiger partial charge in [0, 0.05) is 0 Å². The number of thiophene rings is 1. The zero-order valence-electron chi connectivity index (χ0n) is 13.6. The van der Waals surface area contributed by atoms with Crippen LogP contribution in [0.1, 0.15) is 25.6 Å². The minimum absolute atomic E-state index is 0.0672. The number of benzene rings is 1. The molecule has 0 fully saturated rings. The number of rotatable bonds is 5. The Morgan fingerprint density at radius 2 is 1.67 bits per heavy atom. The highest BCUT2D eigenvalue weighted by Crippen LogP contribution is 2.40. The largest absolute Gasteiger partial charge is 0.492 e. The molecule has 0 amide bonds. The highest BCUT2D eigenvalue weighted by atomic mass is 32.1. The molecule has 0 bridgehead atoms. The van der Waals surface area contributed by atoms with Crippen LogP contribution in [0.15, 0.2) is 40.6 Å². The van der Waals surface area contributed by atoms with E-state index < -0.39 is 11.9 Å². The molecule has 0 saturated carbocycles. The summed E-state index contributed by atoms with van der Waals surface area (Å²) in [4.78, 5) is 22.6. The third kappa shape index (κ3) is 3.52. The lowest BCUT2D eigenvalue weighted by Gasteiger charge is -2.03. The van der Waals surface area contributed by atoms with Gasteiger partial charge in [-0.1, -0.05) is 29.5 Å². The van der Waals surface area contributed by atoms with Gasteiger partial charge in [-0.25, -0.2) is 9.59 Å². The predicted octanol–water partition coefficient (Wildman–Crippen LogP) is 5.16. The number of aromatic nitrogens is 1. The van der Waals surface area contributed by atoms with Gasteiger partial charge in [-0.15, -0.1) is 21.6 Å². The van der Waals surface area contributed by atoms with Crippen molar-refractivity contribution in [3.05, 3.63) is 50.3 Å². The predicted molar refractivity (Wildman–Crippen MR) is 103 cm³/mol. The third-order valence-corrected chi connectivity index (χ3v) is 5.96. The SMILES string of the molecule is Cc1c(C(=O)O)sc(/N=N/c2sc(=S)n(-c3ccccc3)c2O)c1C(=O)O. The smallest absolute Gasteiger partial charge is 0.346 e. The Morgan fingerprint density at radius 1 is 1.04 bits per heavy atom. The van der Waals surface area contributed by atoms with Crippen molar-refractivity contribution in [3.63, 3.8) is 0 Å². The van der Waals surface area contributed by atoms with E-state index >= 15 is 0 Å². The second-order valence-electron chi connectivity index (χ2n) is 5.21. The first-order valence-corrected chi connectivity index (χ1v) is 9.37. The summed E-state index contributed by atoms with van der Waals surface area (Å²) in [5.41, 5.74) is 0.517. The summed E-state index contributed by atoms with van der Waals surface area (Å²) in [6.07, 6.45) is 0. The number of aromatic hydroxyl groups is 1. The molecule has 8 nitrogen and oxygen atoms in total. The van der Waals surface area contributed by atoms with Crippen LogP contribution in [0, 0.1) is 10.9 Å². The van der Waals surface area contributed by atoms with E-state index in [1.807, 2.05) is 6.07 Å². The number of aromatic carboxylic acids is 2. The molecule has 138 valence electrons. The number of para-hydroxylation sites is 1. The maximum atomic E-state index is 11.4. The lowest BCUT2D eigenvalue weighted by Crippen LogP contribution is -2.00. The Kier molecular flexibility index (Phi) is 5.17. The summed E-state index contributed by atoms with van der Waals surface area (Å²) >= 11 is 6.95. The van der Waals surface area contributed by atoms with Gasteiger partial charge in [0.1, 0.15) is 10.4 Å². The quantitative estimate of drug-likeness (QED) is 0.386. The molecule has 0 aliphatic carbocycles. The lowest BCUT2D eigenvalue weighted by atomic mass is 10.1. The summed E-state index contributed by atoms with van der Waals surface area (Å²) in [5.74, 6) is -2.78. The number of thiazole rings is 1. The lowest BCUT2D eigenvalue weighted by molar-refractivity contribution is 0.0696. The van der Waals surface area contributed by atoms with E-state index in [-0.39, 0.29) is 31.9 Å². The maximum absolute atomic E-state index is 11.4. The van der Waals surface area contributed by atoms with E-state index in [0.717, 1.165) is 11.3 Å². The van der Waals surface area contributed by atoms with Gasteiger partial charge in [0.25, 0.3) is 0 Å². The molecule has 2 heterocycles. The number of hydrogen-bond acceptors (Lipinski definition) is 8. The molecule has 0 radical (unpaired) electrons. The van der Waals surface area contributed by atoms with Crippen molar-refractivity contribution in [1.82, 2.24) is 4.57 Å². The first kappa shape index (κ1) is 18.9. The first-order valence-electron chi connectivity index (χ1n) is 7.33. The number of hydrogen-bond donors (Lipinski definition) is 3. The normalized spacial score (nSPS) is 11.1. The van der Waals surface area contributed by atoms with Crippen molar-refractivity contribution >= 4 is 56.8 Å². The second-order valence-corrected chi connectivity index (χ2v) is 7.84. The summed E-state index contributed by atoms with van der Waals surface area (Å²) < 4.78 is 1.74. The van der Waals surface area contributed by atoms with Crippen molar-refractivity contribution in [3.8, 4) is 11.6 Å². The molecule has 0 unspecified atom stereocenters. The van der Waals surface area contributed by atoms with Gasteiger partial charge in [-0.3, -0.25) is 4.57 Å². The molecule has 0 spiro atoms. The van der Waals surface area contributed by atoms with E-state index in [2.05, 4.69) is 10.2 Å². The van der Waals surface area contributed by atoms with Crippen molar-refractivity contribution in [2.45, 2.75) is 6.92 Å². The van der Waals surface area contributed by atoms with E-state index in [1.54, 1.807) is 24.3 Å². The zero-order valence-corrected chi connectivity index (χ0v) is 16.1. The van der Waals surface area contributed by atoms with Crippen molar-refractivity contribution in [1.29, 1.82) is 0 Å². The minimum atomic E-state index is -1.30. The Balaban J connectivity index is 2.06. The fraction of sp³-hybridized carbons (Fsp3) is 0.0625. The van der Waals surface area contributed by atoms with Gasteiger partial charge in [-0.2, -0.15) is 0 Å². The van der Waals surface area contributed by atoms with Crippen LogP contribution in [0.5, 0.6) is 5.88 Å². The van der Waals surface area contributed by atoms with Crippen LogP contribution in [0.2, 0.25) is 0 Å². The number of carbonyl (C=O) groups is 2. The summed E-state index contributed by atoms with van der Waals surface area (Å²) in [5, 5.41) is 36.7. The Morgan fingerprint density at radius 3 is 2.26 bits per heavy atom. The summed E-state index contributed by atoms with van der Waals surface area (Å²) in [6, 6.07) is 8.91. The van der Waals surface area contributed by atoms with Crippen LogP contribution in [-0.2, 0) is 0 Å². The average Bonchev–Trinajstić information content (AvgIpc) is 3.10. The highest BCUT2D eigenvalue weighted by Gasteiger charge is 2.24. The number of nitrogens with zero attached hydrogens (tertiary/aromatic N) is 3. The second kappa shape index (κ2) is 7.39. The molecule has 2 aromatic heterocycles. The number of carboxylic acids is 2. The molecule has 3 rings (SSSR count). The van der Waals surface area contributed by atoms with Crippen LogP contribution in [0.4, 0.5) is 10.0 Å². The monoisotopic (exact) mass is 421 g/mol. The zero-order chi connectivity index (χ0) is 19.7. The van der Waals surface area contributed by atoms with Gasteiger partial charge in [-0.05, 0) is 36.8 Å². The molecular weight excluding hydrogens is 410 g/mol.